The van der Waals surface area contributed by atoms with Crippen molar-refractivity contribution in [3.63, 3.8) is 0 Å². The highest BCUT2D eigenvalue weighted by atomic mass is 32.2. The second-order valence-electron chi connectivity index (χ2n) is 4.20. The Balaban J connectivity index is 2.32. The monoisotopic (exact) mass is 299 g/mol. The van der Waals surface area contributed by atoms with Gasteiger partial charge in [-0.1, -0.05) is 12.1 Å². The van der Waals surface area contributed by atoms with Crippen molar-refractivity contribution in [2.75, 3.05) is 6.26 Å². The Morgan fingerprint density at radius 1 is 1.30 bits per heavy atom. The maximum atomic E-state index is 12.3. The van der Waals surface area contributed by atoms with Gasteiger partial charge in [-0.15, -0.1) is 23.1 Å². The molecular weight excluding hydrogens is 286 g/mol. The topological polar surface area (TPSA) is 40.9 Å². The summed E-state index contributed by atoms with van der Waals surface area (Å²) >= 11 is 3.03. The summed E-state index contributed by atoms with van der Waals surface area (Å²) in [5.41, 5.74) is 1.95. The predicted molar refractivity (Wildman–Crippen MR) is 85.2 cm³/mol. The van der Waals surface area contributed by atoms with Crippen molar-refractivity contribution >= 4 is 35.0 Å². The number of nitriles is 1. The Bertz CT molecular complexity index is 690. The van der Waals surface area contributed by atoms with E-state index in [2.05, 4.69) is 0 Å². The third-order valence-corrected chi connectivity index (χ3v) is 4.62. The van der Waals surface area contributed by atoms with E-state index in [4.69, 9.17) is 0 Å². The number of carbonyl (C=O) groups is 1. The molecular formula is C16H13NOS2. The molecule has 0 fully saturated rings. The molecule has 100 valence electrons. The predicted octanol–water partition coefficient (Wildman–Crippen LogP) is 4.57. The van der Waals surface area contributed by atoms with Crippen LogP contribution < -0.4 is 0 Å². The molecule has 0 aliphatic rings. The third kappa shape index (κ3) is 3.19. The van der Waals surface area contributed by atoms with Crippen molar-refractivity contribution in [1.29, 1.82) is 5.26 Å². The number of thioether (sulfide) groups is 1. The quantitative estimate of drug-likeness (QED) is 0.359. The normalized spacial score (nSPS) is 11.2. The van der Waals surface area contributed by atoms with Gasteiger partial charge in [0.1, 0.15) is 11.6 Å². The Morgan fingerprint density at radius 2 is 2.00 bits per heavy atom. The molecule has 0 radical (unpaired) electrons. The van der Waals surface area contributed by atoms with Gasteiger partial charge in [0.15, 0.2) is 0 Å². The molecule has 0 atom stereocenters. The lowest BCUT2D eigenvalue weighted by Crippen LogP contribution is -2.00. The number of rotatable bonds is 4. The highest BCUT2D eigenvalue weighted by Gasteiger charge is 2.15. The van der Waals surface area contributed by atoms with Gasteiger partial charge in [-0.25, -0.2) is 0 Å². The van der Waals surface area contributed by atoms with Crippen molar-refractivity contribution in [3.05, 3.63) is 57.3 Å². The minimum Gasteiger partial charge on any atom is -0.287 e. The molecule has 0 unspecified atom stereocenters. The first-order valence-corrected chi connectivity index (χ1v) is 8.11. The molecule has 1 heterocycles. The number of aryl methyl sites for hydroxylation is 1. The Kier molecular flexibility index (Phi) is 4.78. The van der Waals surface area contributed by atoms with Crippen LogP contribution in [0.25, 0.3) is 6.08 Å². The summed E-state index contributed by atoms with van der Waals surface area (Å²) in [6.07, 6.45) is 3.65. The summed E-state index contributed by atoms with van der Waals surface area (Å²) in [7, 11) is 0. The number of thiophene rings is 1. The zero-order chi connectivity index (χ0) is 14.5. The summed E-state index contributed by atoms with van der Waals surface area (Å²) in [5, 5.41) is 11.1. The zero-order valence-corrected chi connectivity index (χ0v) is 12.8. The largest absolute Gasteiger partial charge is 0.287 e. The molecule has 2 rings (SSSR count). The number of hydrogen-bond acceptors (Lipinski definition) is 4. The molecule has 2 aromatic rings. The molecule has 0 saturated heterocycles. The Morgan fingerprint density at radius 3 is 2.50 bits per heavy atom. The number of benzene rings is 1. The molecule has 0 bridgehead atoms. The van der Waals surface area contributed by atoms with Gasteiger partial charge >= 0.3 is 0 Å². The molecule has 0 saturated carbocycles. The van der Waals surface area contributed by atoms with Gasteiger partial charge < -0.3 is 0 Å². The van der Waals surface area contributed by atoms with E-state index in [-0.39, 0.29) is 11.4 Å². The number of nitrogens with zero attached hydrogens (tertiary/aromatic N) is 1. The lowest BCUT2D eigenvalue weighted by atomic mass is 10.1. The molecule has 20 heavy (non-hydrogen) atoms. The molecule has 4 heteroatoms. The molecule has 0 amide bonds. The molecule has 0 aliphatic carbocycles. The fourth-order valence-corrected chi connectivity index (χ4v) is 3.03. The van der Waals surface area contributed by atoms with E-state index in [1.807, 2.05) is 55.0 Å². The highest BCUT2D eigenvalue weighted by Crippen LogP contribution is 2.21. The lowest BCUT2D eigenvalue weighted by molar-refractivity contribution is 0.104. The van der Waals surface area contributed by atoms with E-state index >= 15 is 0 Å². The van der Waals surface area contributed by atoms with Crippen LogP contribution in [-0.2, 0) is 0 Å². The van der Waals surface area contributed by atoms with Gasteiger partial charge in [0.2, 0.25) is 5.78 Å². The summed E-state index contributed by atoms with van der Waals surface area (Å²) in [6, 6.07) is 11.7. The van der Waals surface area contributed by atoms with E-state index in [9.17, 15) is 10.1 Å². The van der Waals surface area contributed by atoms with Crippen molar-refractivity contribution in [3.8, 4) is 6.07 Å². The molecule has 0 N–H and O–H groups in total. The Labute approximate surface area is 126 Å². The maximum absolute atomic E-state index is 12.3. The van der Waals surface area contributed by atoms with Gasteiger partial charge in [-0.05, 0) is 54.0 Å². The Hall–Kier alpha value is -1.83. The molecule has 2 nitrogen and oxygen atoms in total. The smallest absolute Gasteiger partial charge is 0.213 e. The second-order valence-corrected chi connectivity index (χ2v) is 6.00. The minimum atomic E-state index is -0.200. The number of allylic oxidation sites excluding steroid dienone is 1. The first-order valence-electron chi connectivity index (χ1n) is 6.00. The van der Waals surface area contributed by atoms with Gasteiger partial charge in [0, 0.05) is 4.90 Å². The summed E-state index contributed by atoms with van der Waals surface area (Å²) in [4.78, 5) is 14.1. The van der Waals surface area contributed by atoms with Gasteiger partial charge in [-0.2, -0.15) is 5.26 Å². The number of carbonyl (C=O) groups excluding carboxylic acids is 1. The summed E-state index contributed by atoms with van der Waals surface area (Å²) in [6.45, 7) is 1.88. The fourth-order valence-electron chi connectivity index (χ4n) is 1.74. The highest BCUT2D eigenvalue weighted by molar-refractivity contribution is 7.98. The molecule has 1 aromatic heterocycles. The first kappa shape index (κ1) is 14.6. The fraction of sp³-hybridized carbons (Fsp3) is 0.125. The van der Waals surface area contributed by atoms with Crippen LogP contribution in [0.4, 0.5) is 0 Å². The van der Waals surface area contributed by atoms with E-state index in [0.717, 1.165) is 16.0 Å². The maximum Gasteiger partial charge on any atom is 0.213 e. The summed E-state index contributed by atoms with van der Waals surface area (Å²) < 4.78 is 0. The van der Waals surface area contributed by atoms with Crippen LogP contribution in [0.3, 0.4) is 0 Å². The van der Waals surface area contributed by atoms with Crippen molar-refractivity contribution in [1.82, 2.24) is 0 Å². The van der Waals surface area contributed by atoms with Crippen LogP contribution in [-0.4, -0.2) is 12.0 Å². The number of Topliss-reactive ketones (excluding diaryl/α,β-unsaturated/α-hetero) is 1. The first-order chi connectivity index (χ1) is 9.65. The third-order valence-electron chi connectivity index (χ3n) is 2.86. The van der Waals surface area contributed by atoms with Crippen molar-refractivity contribution in [2.24, 2.45) is 0 Å². The molecule has 0 spiro atoms. The lowest BCUT2D eigenvalue weighted by Gasteiger charge is -2.00. The zero-order valence-electron chi connectivity index (χ0n) is 11.2. The average molecular weight is 299 g/mol. The van der Waals surface area contributed by atoms with Gasteiger partial charge in [-0.3, -0.25) is 4.79 Å². The minimum absolute atomic E-state index is 0.174. The summed E-state index contributed by atoms with van der Waals surface area (Å²) in [5.74, 6) is -0.200. The van der Waals surface area contributed by atoms with Crippen LogP contribution in [0.2, 0.25) is 0 Å². The van der Waals surface area contributed by atoms with Crippen LogP contribution >= 0.6 is 23.1 Å². The number of hydrogen-bond donors (Lipinski definition) is 0. The SMILES string of the molecule is CSc1ccc(/C=C(\C#N)C(=O)c2sccc2C)cc1. The second kappa shape index (κ2) is 6.56. The standard InChI is InChI=1S/C16H13NOS2/c1-11-7-8-20-16(11)15(18)13(10-17)9-12-3-5-14(19-2)6-4-12/h3-9H,1-2H3/b13-9+. The van der Waals surface area contributed by atoms with Crippen LogP contribution in [0.15, 0.2) is 46.2 Å². The van der Waals surface area contributed by atoms with E-state index in [1.165, 1.54) is 11.3 Å². The van der Waals surface area contributed by atoms with E-state index in [1.54, 1.807) is 17.8 Å². The number of ketones is 1. The van der Waals surface area contributed by atoms with Crippen LogP contribution in [0, 0.1) is 18.3 Å². The van der Waals surface area contributed by atoms with Crippen molar-refractivity contribution in [2.45, 2.75) is 11.8 Å². The van der Waals surface area contributed by atoms with E-state index in [0.29, 0.717) is 4.88 Å². The van der Waals surface area contributed by atoms with Gasteiger partial charge in [0.05, 0.1) is 4.88 Å². The van der Waals surface area contributed by atoms with Crippen molar-refractivity contribution < 1.29 is 4.79 Å². The molecule has 1 aromatic carbocycles. The average Bonchev–Trinajstić information content (AvgIpc) is 2.91. The van der Waals surface area contributed by atoms with Crippen LogP contribution in [0.5, 0.6) is 0 Å². The molecule has 0 aliphatic heterocycles. The van der Waals surface area contributed by atoms with Gasteiger partial charge in [0.25, 0.3) is 0 Å². The van der Waals surface area contributed by atoms with Crippen LogP contribution in [0.1, 0.15) is 20.8 Å². The van der Waals surface area contributed by atoms with E-state index < -0.39 is 0 Å².